The normalized spacial score (nSPS) is 20.4. The van der Waals surface area contributed by atoms with Gasteiger partial charge in [0.2, 0.25) is 11.8 Å². The molecule has 0 saturated carbocycles. The number of amides is 2. The molecule has 1 aromatic rings. The molecule has 6 heteroatoms. The molecule has 1 aromatic carbocycles. The number of carbonyl (C=O) groups is 2. The van der Waals surface area contributed by atoms with Crippen molar-refractivity contribution in [3.05, 3.63) is 28.5 Å². The Morgan fingerprint density at radius 3 is 2.82 bits per heavy atom. The third-order valence-corrected chi connectivity index (χ3v) is 3.27. The molecule has 0 radical (unpaired) electrons. The van der Waals surface area contributed by atoms with Crippen LogP contribution in [0.25, 0.3) is 0 Å². The Morgan fingerprint density at radius 1 is 1.47 bits per heavy atom. The van der Waals surface area contributed by atoms with Crippen LogP contribution in [0.2, 0.25) is 0 Å². The number of benzene rings is 1. The third kappa shape index (κ3) is 2.17. The summed E-state index contributed by atoms with van der Waals surface area (Å²) in [6.45, 7) is 1.55. The van der Waals surface area contributed by atoms with Crippen molar-refractivity contribution >= 4 is 33.4 Å². The second-order valence-corrected chi connectivity index (χ2v) is 4.61. The van der Waals surface area contributed by atoms with Gasteiger partial charge < -0.3 is 5.32 Å². The van der Waals surface area contributed by atoms with E-state index in [0.29, 0.717) is 10.2 Å². The monoisotopic (exact) mass is 300 g/mol. The van der Waals surface area contributed by atoms with Crippen LogP contribution in [0, 0.1) is 5.82 Å². The van der Waals surface area contributed by atoms with Crippen molar-refractivity contribution in [2.24, 2.45) is 0 Å². The van der Waals surface area contributed by atoms with Crippen LogP contribution < -0.4 is 10.2 Å². The zero-order valence-electron chi connectivity index (χ0n) is 9.04. The second kappa shape index (κ2) is 4.44. The van der Waals surface area contributed by atoms with E-state index in [-0.39, 0.29) is 18.4 Å². The highest BCUT2D eigenvalue weighted by atomic mass is 79.9. The number of carbonyl (C=O) groups excluding carboxylic acids is 2. The predicted octanol–water partition coefficient (Wildman–Crippen LogP) is 1.44. The highest BCUT2D eigenvalue weighted by Crippen LogP contribution is 2.24. The van der Waals surface area contributed by atoms with E-state index < -0.39 is 11.9 Å². The predicted molar refractivity (Wildman–Crippen MR) is 64.1 cm³/mol. The Labute approximate surface area is 106 Å². The molecule has 0 bridgehead atoms. The van der Waals surface area contributed by atoms with E-state index in [4.69, 9.17) is 0 Å². The molecule has 2 amide bonds. The molecule has 2 rings (SSSR count). The van der Waals surface area contributed by atoms with Crippen LogP contribution in [0.4, 0.5) is 10.1 Å². The van der Waals surface area contributed by atoms with Gasteiger partial charge in [0.05, 0.1) is 11.0 Å². The summed E-state index contributed by atoms with van der Waals surface area (Å²) in [6, 6.07) is 3.71. The SMILES string of the molecule is CC1C(=O)NCC(=O)N1c1ccc(Br)c(F)c1. The van der Waals surface area contributed by atoms with E-state index >= 15 is 0 Å². The van der Waals surface area contributed by atoms with Gasteiger partial charge >= 0.3 is 0 Å². The highest BCUT2D eigenvalue weighted by molar-refractivity contribution is 9.10. The van der Waals surface area contributed by atoms with Gasteiger partial charge in [0, 0.05) is 5.69 Å². The van der Waals surface area contributed by atoms with E-state index in [9.17, 15) is 14.0 Å². The average molecular weight is 301 g/mol. The number of nitrogens with one attached hydrogen (secondary N) is 1. The summed E-state index contributed by atoms with van der Waals surface area (Å²) in [5.74, 6) is -0.958. The standard InChI is InChI=1S/C11H10BrFN2O2/c1-6-11(17)14-5-10(16)15(6)7-2-3-8(12)9(13)4-7/h2-4,6H,5H2,1H3,(H,14,17). The first-order valence-electron chi connectivity index (χ1n) is 5.05. The fraction of sp³-hybridized carbons (Fsp3) is 0.273. The Hall–Kier alpha value is -1.43. The molecule has 1 aliphatic rings. The molecular formula is C11H10BrFN2O2. The lowest BCUT2D eigenvalue weighted by Gasteiger charge is -2.32. The van der Waals surface area contributed by atoms with Gasteiger partial charge in [0.15, 0.2) is 0 Å². The van der Waals surface area contributed by atoms with Gasteiger partial charge in [-0.2, -0.15) is 0 Å². The van der Waals surface area contributed by atoms with Crippen LogP contribution in [0.1, 0.15) is 6.92 Å². The highest BCUT2D eigenvalue weighted by Gasteiger charge is 2.32. The average Bonchev–Trinajstić information content (AvgIpc) is 2.29. The molecule has 1 N–H and O–H groups in total. The molecule has 1 aliphatic heterocycles. The van der Waals surface area contributed by atoms with Crippen molar-refractivity contribution in [1.82, 2.24) is 5.32 Å². The number of hydrogen-bond acceptors (Lipinski definition) is 2. The van der Waals surface area contributed by atoms with Crippen LogP contribution in [-0.4, -0.2) is 24.4 Å². The first-order valence-corrected chi connectivity index (χ1v) is 5.85. The molecule has 1 saturated heterocycles. The molecule has 1 unspecified atom stereocenters. The lowest BCUT2D eigenvalue weighted by molar-refractivity contribution is -0.130. The maximum absolute atomic E-state index is 13.4. The zero-order valence-corrected chi connectivity index (χ0v) is 10.6. The molecule has 0 spiro atoms. The van der Waals surface area contributed by atoms with Crippen LogP contribution in [0.5, 0.6) is 0 Å². The molecule has 1 atom stereocenters. The minimum absolute atomic E-state index is 0.0547. The van der Waals surface area contributed by atoms with Crippen LogP contribution >= 0.6 is 15.9 Å². The van der Waals surface area contributed by atoms with Crippen molar-refractivity contribution in [2.75, 3.05) is 11.4 Å². The molecular weight excluding hydrogens is 291 g/mol. The number of halogens is 2. The zero-order chi connectivity index (χ0) is 12.6. The summed E-state index contributed by atoms with van der Waals surface area (Å²) in [4.78, 5) is 24.5. The van der Waals surface area contributed by atoms with Gasteiger partial charge in [0.25, 0.3) is 0 Å². The Kier molecular flexibility index (Phi) is 3.15. The third-order valence-electron chi connectivity index (χ3n) is 2.63. The first kappa shape index (κ1) is 12.0. The quantitative estimate of drug-likeness (QED) is 0.853. The molecule has 4 nitrogen and oxygen atoms in total. The molecule has 1 fully saturated rings. The minimum atomic E-state index is -0.628. The van der Waals surface area contributed by atoms with E-state index in [2.05, 4.69) is 21.2 Å². The van der Waals surface area contributed by atoms with Crippen molar-refractivity contribution in [1.29, 1.82) is 0 Å². The number of rotatable bonds is 1. The van der Waals surface area contributed by atoms with Crippen molar-refractivity contribution in [2.45, 2.75) is 13.0 Å². The van der Waals surface area contributed by atoms with E-state index in [1.54, 1.807) is 13.0 Å². The summed E-state index contributed by atoms with van der Waals surface area (Å²) in [6.07, 6.45) is 0. The van der Waals surface area contributed by atoms with Gasteiger partial charge in [-0.15, -0.1) is 0 Å². The van der Waals surface area contributed by atoms with Gasteiger partial charge in [-0.1, -0.05) is 0 Å². The summed E-state index contributed by atoms with van der Waals surface area (Å²) in [5.41, 5.74) is 0.387. The summed E-state index contributed by atoms with van der Waals surface area (Å²) in [5, 5.41) is 2.47. The van der Waals surface area contributed by atoms with Gasteiger partial charge in [-0.25, -0.2) is 4.39 Å². The van der Waals surface area contributed by atoms with Gasteiger partial charge in [0.1, 0.15) is 11.9 Å². The molecule has 17 heavy (non-hydrogen) atoms. The Morgan fingerprint density at radius 2 is 2.18 bits per heavy atom. The van der Waals surface area contributed by atoms with Crippen LogP contribution in [-0.2, 0) is 9.59 Å². The topological polar surface area (TPSA) is 49.4 Å². The maximum atomic E-state index is 13.4. The number of anilines is 1. The summed E-state index contributed by atoms with van der Waals surface area (Å²) >= 11 is 3.04. The molecule has 0 aliphatic carbocycles. The number of piperazine rings is 1. The molecule has 1 heterocycles. The fourth-order valence-electron chi connectivity index (χ4n) is 1.73. The molecule has 90 valence electrons. The Balaban J connectivity index is 2.39. The Bertz CT molecular complexity index is 492. The smallest absolute Gasteiger partial charge is 0.247 e. The van der Waals surface area contributed by atoms with E-state index in [1.165, 1.54) is 17.0 Å². The van der Waals surface area contributed by atoms with Gasteiger partial charge in [-0.05, 0) is 41.1 Å². The number of nitrogens with zero attached hydrogens (tertiary/aromatic N) is 1. The largest absolute Gasteiger partial charge is 0.345 e. The van der Waals surface area contributed by atoms with Gasteiger partial charge in [-0.3, -0.25) is 14.5 Å². The lowest BCUT2D eigenvalue weighted by Crippen LogP contribution is -2.57. The minimum Gasteiger partial charge on any atom is -0.345 e. The fourth-order valence-corrected chi connectivity index (χ4v) is 1.98. The van der Waals surface area contributed by atoms with Crippen molar-refractivity contribution in [3.63, 3.8) is 0 Å². The van der Waals surface area contributed by atoms with E-state index in [1.807, 2.05) is 0 Å². The summed E-state index contributed by atoms with van der Waals surface area (Å²) in [7, 11) is 0. The number of hydrogen-bond donors (Lipinski definition) is 1. The van der Waals surface area contributed by atoms with Crippen molar-refractivity contribution in [3.8, 4) is 0 Å². The second-order valence-electron chi connectivity index (χ2n) is 3.76. The van der Waals surface area contributed by atoms with Crippen molar-refractivity contribution < 1.29 is 14.0 Å². The first-order chi connectivity index (χ1) is 8.00. The van der Waals surface area contributed by atoms with E-state index in [0.717, 1.165) is 0 Å². The molecule has 0 aromatic heterocycles. The summed E-state index contributed by atoms with van der Waals surface area (Å²) < 4.78 is 13.7. The van der Waals surface area contributed by atoms with Crippen LogP contribution in [0.3, 0.4) is 0 Å². The maximum Gasteiger partial charge on any atom is 0.247 e. The van der Waals surface area contributed by atoms with Crippen LogP contribution in [0.15, 0.2) is 22.7 Å². The lowest BCUT2D eigenvalue weighted by atomic mass is 10.1.